The van der Waals surface area contributed by atoms with E-state index in [4.69, 9.17) is 4.42 Å². The van der Waals surface area contributed by atoms with E-state index in [0.717, 1.165) is 12.8 Å². The molecule has 0 aliphatic heterocycles. The Bertz CT molecular complexity index is 622. The molecule has 0 saturated heterocycles. The van der Waals surface area contributed by atoms with Crippen LogP contribution in [0, 0.1) is 16.0 Å². The number of hydrogen-bond donors (Lipinski definition) is 2. The van der Waals surface area contributed by atoms with Gasteiger partial charge in [0.05, 0.1) is 11.0 Å². The van der Waals surface area contributed by atoms with Gasteiger partial charge in [0.1, 0.15) is 5.52 Å². The molecule has 2 rings (SSSR count). The summed E-state index contributed by atoms with van der Waals surface area (Å²) < 4.78 is 5.44. The van der Waals surface area contributed by atoms with Crippen LogP contribution in [0.4, 0.5) is 11.7 Å². The van der Waals surface area contributed by atoms with Crippen molar-refractivity contribution < 1.29 is 14.4 Å². The Morgan fingerprint density at radius 1 is 1.43 bits per heavy atom. The van der Waals surface area contributed by atoms with Gasteiger partial charge in [-0.25, -0.2) is 0 Å². The van der Waals surface area contributed by atoms with Crippen LogP contribution < -0.4 is 5.32 Å². The maximum Gasteiger partial charge on any atom is 0.295 e. The van der Waals surface area contributed by atoms with Gasteiger partial charge in [0.25, 0.3) is 11.7 Å². The van der Waals surface area contributed by atoms with Gasteiger partial charge in [0.15, 0.2) is 5.58 Å². The molecule has 1 atom stereocenters. The summed E-state index contributed by atoms with van der Waals surface area (Å²) in [5, 5.41) is 23.7. The zero-order valence-electron chi connectivity index (χ0n) is 12.1. The molecule has 7 nitrogen and oxygen atoms in total. The number of nitrogens with zero attached hydrogens (tertiary/aromatic N) is 2. The number of nitro groups is 1. The first-order valence-electron chi connectivity index (χ1n) is 7.02. The van der Waals surface area contributed by atoms with Gasteiger partial charge in [0.2, 0.25) is 0 Å². The summed E-state index contributed by atoms with van der Waals surface area (Å²) in [6.45, 7) is 4.41. The molecule has 1 heterocycles. The van der Waals surface area contributed by atoms with Crippen molar-refractivity contribution in [2.24, 2.45) is 5.92 Å². The summed E-state index contributed by atoms with van der Waals surface area (Å²) in [5.74, 6) is 0.225. The highest BCUT2D eigenvalue weighted by Crippen LogP contribution is 2.23. The number of nitro benzene ring substituents is 1. The number of rotatable bonds is 7. The van der Waals surface area contributed by atoms with E-state index in [0.29, 0.717) is 17.6 Å². The SMILES string of the molecule is CCC(CC)C(O)CNc1nc2cc([N+](=O)[O-])ccc2o1. The van der Waals surface area contributed by atoms with Crippen molar-refractivity contribution in [3.8, 4) is 0 Å². The molecule has 1 aromatic carbocycles. The number of benzene rings is 1. The van der Waals surface area contributed by atoms with E-state index in [2.05, 4.69) is 10.3 Å². The van der Waals surface area contributed by atoms with E-state index in [-0.39, 0.29) is 17.6 Å². The molecule has 1 aromatic heterocycles. The summed E-state index contributed by atoms with van der Waals surface area (Å²) in [5.41, 5.74) is 0.864. The highest BCUT2D eigenvalue weighted by molar-refractivity contribution is 5.77. The topological polar surface area (TPSA) is 101 Å². The fourth-order valence-electron chi connectivity index (χ4n) is 2.30. The van der Waals surface area contributed by atoms with E-state index in [1.165, 1.54) is 18.2 Å². The minimum Gasteiger partial charge on any atom is -0.424 e. The minimum absolute atomic E-state index is 0.0283. The number of hydrogen-bond acceptors (Lipinski definition) is 6. The summed E-state index contributed by atoms with van der Waals surface area (Å²) in [7, 11) is 0. The van der Waals surface area contributed by atoms with Crippen LogP contribution in [0.3, 0.4) is 0 Å². The van der Waals surface area contributed by atoms with Crippen LogP contribution in [0.15, 0.2) is 22.6 Å². The molecular formula is C14H19N3O4. The third kappa shape index (κ3) is 3.49. The fraction of sp³-hybridized carbons (Fsp3) is 0.500. The van der Waals surface area contributed by atoms with Gasteiger partial charge in [-0.15, -0.1) is 0 Å². The Morgan fingerprint density at radius 3 is 2.76 bits per heavy atom. The third-order valence-electron chi connectivity index (χ3n) is 3.64. The standard InChI is InChI=1S/C14H19N3O4/c1-3-9(4-2)12(18)8-15-14-16-11-7-10(17(19)20)5-6-13(11)21-14/h5-7,9,12,18H,3-4,8H2,1-2H3,(H,15,16). The Kier molecular flexibility index (Phi) is 4.74. The lowest BCUT2D eigenvalue weighted by Crippen LogP contribution is -2.27. The highest BCUT2D eigenvalue weighted by Gasteiger charge is 2.17. The van der Waals surface area contributed by atoms with Gasteiger partial charge in [-0.1, -0.05) is 26.7 Å². The van der Waals surface area contributed by atoms with Crippen molar-refractivity contribution in [3.05, 3.63) is 28.3 Å². The number of aliphatic hydroxyl groups is 1. The predicted octanol–water partition coefficient (Wildman–Crippen LogP) is 2.95. The van der Waals surface area contributed by atoms with Crippen LogP contribution in [0.25, 0.3) is 11.1 Å². The summed E-state index contributed by atoms with van der Waals surface area (Å²) in [6.07, 6.45) is 1.32. The lowest BCUT2D eigenvalue weighted by atomic mass is 9.97. The van der Waals surface area contributed by atoms with Crippen molar-refractivity contribution in [1.82, 2.24) is 4.98 Å². The number of aliphatic hydroxyl groups excluding tert-OH is 1. The lowest BCUT2D eigenvalue weighted by Gasteiger charge is -2.19. The third-order valence-corrected chi connectivity index (χ3v) is 3.64. The normalized spacial score (nSPS) is 12.8. The quantitative estimate of drug-likeness (QED) is 0.601. The fourth-order valence-corrected chi connectivity index (χ4v) is 2.30. The van der Waals surface area contributed by atoms with Crippen molar-refractivity contribution in [3.63, 3.8) is 0 Å². The van der Waals surface area contributed by atoms with Crippen molar-refractivity contribution in [2.75, 3.05) is 11.9 Å². The highest BCUT2D eigenvalue weighted by atomic mass is 16.6. The monoisotopic (exact) mass is 293 g/mol. The molecule has 21 heavy (non-hydrogen) atoms. The number of non-ortho nitro benzene ring substituents is 1. The number of anilines is 1. The molecule has 0 fully saturated rings. The van der Waals surface area contributed by atoms with Crippen molar-refractivity contribution in [2.45, 2.75) is 32.8 Å². The number of oxazole rings is 1. The maximum atomic E-state index is 10.7. The first-order chi connectivity index (χ1) is 10.0. The number of fused-ring (bicyclic) bond motifs is 1. The predicted molar refractivity (Wildman–Crippen MR) is 79.2 cm³/mol. The number of nitrogens with one attached hydrogen (secondary N) is 1. The molecule has 0 amide bonds. The van der Waals surface area contributed by atoms with Crippen molar-refractivity contribution in [1.29, 1.82) is 0 Å². The second-order valence-electron chi connectivity index (χ2n) is 4.95. The van der Waals surface area contributed by atoms with E-state index in [1.54, 1.807) is 0 Å². The maximum absolute atomic E-state index is 10.7. The molecule has 2 N–H and O–H groups in total. The van der Waals surface area contributed by atoms with Gasteiger partial charge in [-0.2, -0.15) is 4.98 Å². The molecule has 114 valence electrons. The Hall–Kier alpha value is -2.15. The Morgan fingerprint density at radius 2 is 2.14 bits per heavy atom. The molecular weight excluding hydrogens is 274 g/mol. The molecule has 0 spiro atoms. The second-order valence-corrected chi connectivity index (χ2v) is 4.95. The van der Waals surface area contributed by atoms with Gasteiger partial charge < -0.3 is 14.8 Å². The van der Waals surface area contributed by atoms with Gasteiger partial charge in [-0.3, -0.25) is 10.1 Å². The van der Waals surface area contributed by atoms with E-state index in [1.807, 2.05) is 13.8 Å². The van der Waals surface area contributed by atoms with Gasteiger partial charge in [-0.05, 0) is 12.0 Å². The van der Waals surface area contributed by atoms with E-state index < -0.39 is 11.0 Å². The first-order valence-corrected chi connectivity index (χ1v) is 7.02. The largest absolute Gasteiger partial charge is 0.424 e. The van der Waals surface area contributed by atoms with E-state index in [9.17, 15) is 15.2 Å². The Labute approximate surface area is 122 Å². The van der Waals surface area contributed by atoms with Crippen LogP contribution in [-0.4, -0.2) is 27.7 Å². The molecule has 2 aromatic rings. The van der Waals surface area contributed by atoms with Crippen molar-refractivity contribution >= 4 is 22.8 Å². The summed E-state index contributed by atoms with van der Waals surface area (Å²) in [4.78, 5) is 14.4. The average Bonchev–Trinajstić information content (AvgIpc) is 2.88. The molecule has 0 radical (unpaired) electrons. The van der Waals surface area contributed by atoms with Crippen LogP contribution in [0.5, 0.6) is 0 Å². The van der Waals surface area contributed by atoms with Crippen LogP contribution in [0.1, 0.15) is 26.7 Å². The summed E-state index contributed by atoms with van der Waals surface area (Å²) >= 11 is 0. The van der Waals surface area contributed by atoms with Gasteiger partial charge >= 0.3 is 0 Å². The zero-order valence-corrected chi connectivity index (χ0v) is 12.1. The molecule has 1 unspecified atom stereocenters. The first kappa shape index (κ1) is 15.2. The lowest BCUT2D eigenvalue weighted by molar-refractivity contribution is -0.384. The van der Waals surface area contributed by atoms with Gasteiger partial charge in [0, 0.05) is 18.7 Å². The Balaban J connectivity index is 2.07. The molecule has 0 saturated carbocycles. The van der Waals surface area contributed by atoms with Crippen LogP contribution in [-0.2, 0) is 0 Å². The second kappa shape index (κ2) is 6.53. The smallest absolute Gasteiger partial charge is 0.295 e. The zero-order chi connectivity index (χ0) is 15.4. The molecule has 0 bridgehead atoms. The van der Waals surface area contributed by atoms with Crippen LogP contribution >= 0.6 is 0 Å². The molecule has 0 aliphatic rings. The molecule has 7 heteroatoms. The summed E-state index contributed by atoms with van der Waals surface area (Å²) in [6, 6.07) is 4.51. The van der Waals surface area contributed by atoms with Crippen LogP contribution in [0.2, 0.25) is 0 Å². The average molecular weight is 293 g/mol. The number of aromatic nitrogens is 1. The van der Waals surface area contributed by atoms with E-state index >= 15 is 0 Å². The minimum atomic E-state index is -0.482. The molecule has 0 aliphatic carbocycles.